The first kappa shape index (κ1) is 25.1. The summed E-state index contributed by atoms with van der Waals surface area (Å²) >= 11 is 0. The van der Waals surface area contributed by atoms with Gasteiger partial charge in [0.25, 0.3) is 6.29 Å². The predicted molar refractivity (Wildman–Crippen MR) is 123 cm³/mol. The molecule has 7 nitrogen and oxygen atoms in total. The van der Waals surface area contributed by atoms with E-state index < -0.39 is 24.2 Å². The van der Waals surface area contributed by atoms with Crippen LogP contribution < -0.4 is 9.47 Å². The summed E-state index contributed by atoms with van der Waals surface area (Å²) in [5, 5.41) is 0. The molecule has 0 aliphatic heterocycles. The van der Waals surface area contributed by atoms with E-state index in [0.29, 0.717) is 17.1 Å². The van der Waals surface area contributed by atoms with Crippen LogP contribution in [-0.2, 0) is 23.9 Å². The van der Waals surface area contributed by atoms with Gasteiger partial charge in [0.15, 0.2) is 6.61 Å². The third kappa shape index (κ3) is 7.81. The Morgan fingerprint density at radius 3 is 1.45 bits per heavy atom. The number of carbonyl (C=O) groups is 3. The zero-order valence-corrected chi connectivity index (χ0v) is 18.9. The minimum Gasteiger partial charge on any atom is -0.486 e. The van der Waals surface area contributed by atoms with Crippen LogP contribution in [0.15, 0.2) is 85.0 Å². The van der Waals surface area contributed by atoms with Crippen molar-refractivity contribution in [2.75, 3.05) is 6.61 Å². The van der Waals surface area contributed by atoms with Gasteiger partial charge in [0.1, 0.15) is 11.5 Å². The highest BCUT2D eigenvalue weighted by molar-refractivity contribution is 5.89. The molecule has 2 aromatic carbocycles. The van der Waals surface area contributed by atoms with Crippen molar-refractivity contribution < 1.29 is 33.3 Å². The second-order valence-electron chi connectivity index (χ2n) is 7.33. The molecule has 2 aromatic rings. The van der Waals surface area contributed by atoms with E-state index in [0.717, 1.165) is 11.1 Å². The van der Waals surface area contributed by atoms with E-state index in [1.54, 1.807) is 31.2 Å². The summed E-state index contributed by atoms with van der Waals surface area (Å²) in [4.78, 5) is 35.2. The smallest absolute Gasteiger partial charge is 0.338 e. The van der Waals surface area contributed by atoms with Crippen molar-refractivity contribution >= 4 is 17.9 Å². The largest absolute Gasteiger partial charge is 0.486 e. The summed E-state index contributed by atoms with van der Waals surface area (Å²) in [7, 11) is 0. The average Bonchev–Trinajstić information content (AvgIpc) is 2.78. The molecule has 0 radical (unpaired) electrons. The van der Waals surface area contributed by atoms with Crippen LogP contribution in [0.2, 0.25) is 0 Å². The normalized spacial score (nSPS) is 10.2. The van der Waals surface area contributed by atoms with Gasteiger partial charge in [-0.15, -0.1) is 0 Å². The molecule has 0 atom stereocenters. The fourth-order valence-corrected chi connectivity index (χ4v) is 2.35. The topological polar surface area (TPSA) is 88.1 Å². The van der Waals surface area contributed by atoms with Crippen LogP contribution in [0.4, 0.5) is 0 Å². The number of carbonyl (C=O) groups excluding carboxylic acids is 3. The summed E-state index contributed by atoms with van der Waals surface area (Å²) in [6, 6.07) is 14.1. The van der Waals surface area contributed by atoms with E-state index >= 15 is 0 Å². The van der Waals surface area contributed by atoms with Gasteiger partial charge in [-0.1, -0.05) is 44.0 Å². The molecule has 0 aliphatic carbocycles. The first-order valence-electron chi connectivity index (χ1n) is 10.0. The lowest BCUT2D eigenvalue weighted by molar-refractivity contribution is -0.187. The molecule has 0 spiro atoms. The van der Waals surface area contributed by atoms with E-state index in [9.17, 15) is 14.4 Å². The number of rotatable bonds is 10. The van der Waals surface area contributed by atoms with Gasteiger partial charge in [0, 0.05) is 16.7 Å². The maximum absolute atomic E-state index is 11.8. The molecule has 0 aliphatic rings. The Morgan fingerprint density at radius 1 is 0.667 bits per heavy atom. The van der Waals surface area contributed by atoms with Crippen LogP contribution in [0.3, 0.4) is 0 Å². The molecule has 0 aromatic heterocycles. The molecule has 2 rings (SSSR count). The van der Waals surface area contributed by atoms with Crippen molar-refractivity contribution in [1.82, 2.24) is 0 Å². The maximum atomic E-state index is 11.8. The first-order valence-corrected chi connectivity index (χ1v) is 10.0. The number of benzene rings is 2. The molecule has 0 saturated heterocycles. The van der Waals surface area contributed by atoms with Crippen molar-refractivity contribution in [3.63, 3.8) is 0 Å². The second-order valence-corrected chi connectivity index (χ2v) is 7.33. The molecular weight excluding hydrogens is 424 g/mol. The van der Waals surface area contributed by atoms with Crippen molar-refractivity contribution in [3.05, 3.63) is 85.0 Å². The second kappa shape index (κ2) is 11.5. The Balaban J connectivity index is 2.02. The monoisotopic (exact) mass is 450 g/mol. The van der Waals surface area contributed by atoms with Gasteiger partial charge in [-0.25, -0.2) is 14.4 Å². The number of hydrogen-bond acceptors (Lipinski definition) is 7. The van der Waals surface area contributed by atoms with Crippen LogP contribution in [0.1, 0.15) is 20.8 Å². The predicted octanol–water partition coefficient (Wildman–Crippen LogP) is 4.78. The minimum atomic E-state index is -1.26. The minimum absolute atomic E-state index is 0.163. The highest BCUT2D eigenvalue weighted by Crippen LogP contribution is 2.25. The van der Waals surface area contributed by atoms with Gasteiger partial charge in [0.05, 0.1) is 0 Å². The van der Waals surface area contributed by atoms with E-state index in [4.69, 9.17) is 18.9 Å². The lowest BCUT2D eigenvalue weighted by Gasteiger charge is -2.19. The van der Waals surface area contributed by atoms with Crippen LogP contribution in [0, 0.1) is 0 Å². The van der Waals surface area contributed by atoms with Crippen LogP contribution in [-0.4, -0.2) is 30.8 Å². The molecule has 0 amide bonds. The van der Waals surface area contributed by atoms with E-state index in [2.05, 4.69) is 19.7 Å². The van der Waals surface area contributed by atoms with Crippen molar-refractivity contribution in [2.24, 2.45) is 0 Å². The van der Waals surface area contributed by atoms with Crippen LogP contribution >= 0.6 is 0 Å². The fourth-order valence-electron chi connectivity index (χ4n) is 2.35. The van der Waals surface area contributed by atoms with Crippen LogP contribution in [0.25, 0.3) is 11.1 Å². The van der Waals surface area contributed by atoms with Gasteiger partial charge < -0.3 is 18.9 Å². The summed E-state index contributed by atoms with van der Waals surface area (Å²) in [6.07, 6.45) is -1.26. The Hall–Kier alpha value is -4.13. The molecule has 0 N–H and O–H groups in total. The number of hydrogen-bond donors (Lipinski definition) is 0. The van der Waals surface area contributed by atoms with Crippen molar-refractivity contribution in [1.29, 1.82) is 0 Å². The van der Waals surface area contributed by atoms with Crippen LogP contribution in [0.5, 0.6) is 11.5 Å². The zero-order valence-electron chi connectivity index (χ0n) is 18.9. The first-order chi connectivity index (χ1) is 15.6. The molecule has 0 fully saturated rings. The van der Waals surface area contributed by atoms with Crippen molar-refractivity contribution in [2.45, 2.75) is 27.1 Å². The van der Waals surface area contributed by atoms with Gasteiger partial charge in [-0.05, 0) is 56.2 Å². The molecular formula is C26H26O7. The lowest BCUT2D eigenvalue weighted by Crippen LogP contribution is -2.30. The van der Waals surface area contributed by atoms with E-state index in [1.807, 2.05) is 24.3 Å². The summed E-state index contributed by atoms with van der Waals surface area (Å²) in [5.41, 5.74) is 2.45. The van der Waals surface area contributed by atoms with E-state index in [-0.39, 0.29) is 17.8 Å². The van der Waals surface area contributed by atoms with Gasteiger partial charge in [0.2, 0.25) is 0 Å². The van der Waals surface area contributed by atoms with Gasteiger partial charge in [-0.3, -0.25) is 0 Å². The van der Waals surface area contributed by atoms with Gasteiger partial charge in [-0.2, -0.15) is 0 Å². The Morgan fingerprint density at radius 2 is 1.06 bits per heavy atom. The average molecular weight is 450 g/mol. The SMILES string of the molecule is C=C(C)C(=O)Oc1ccc(-c2ccc(OCC(OC(=O)C(=C)C)OC(=O)C(=C)C)cc2)cc1. The Kier molecular flexibility index (Phi) is 8.74. The quantitative estimate of drug-likeness (QED) is 0.223. The lowest BCUT2D eigenvalue weighted by atomic mass is 10.1. The van der Waals surface area contributed by atoms with Crippen molar-refractivity contribution in [3.8, 4) is 22.6 Å². The Bertz CT molecular complexity index is 1030. The fraction of sp³-hybridized carbons (Fsp3) is 0.192. The molecule has 172 valence electrons. The maximum Gasteiger partial charge on any atom is 0.338 e. The zero-order chi connectivity index (χ0) is 24.5. The highest BCUT2D eigenvalue weighted by Gasteiger charge is 2.21. The third-order valence-electron chi connectivity index (χ3n) is 4.16. The summed E-state index contributed by atoms with van der Waals surface area (Å²) < 4.78 is 21.0. The Labute approximate surface area is 192 Å². The molecule has 0 saturated carbocycles. The molecule has 0 bridgehead atoms. The summed E-state index contributed by atoms with van der Waals surface area (Å²) in [6.45, 7) is 14.9. The highest BCUT2D eigenvalue weighted by atomic mass is 16.7. The summed E-state index contributed by atoms with van der Waals surface area (Å²) in [5.74, 6) is -0.984. The third-order valence-corrected chi connectivity index (χ3v) is 4.16. The molecule has 0 unspecified atom stereocenters. The van der Waals surface area contributed by atoms with Gasteiger partial charge >= 0.3 is 17.9 Å². The molecule has 33 heavy (non-hydrogen) atoms. The number of ether oxygens (including phenoxy) is 4. The molecule has 7 heteroatoms. The molecule has 0 heterocycles. The standard InChI is InChI=1S/C26H26O7/c1-16(2)24(27)31-22-13-9-20(10-14-22)19-7-11-21(12-8-19)30-15-23(32-25(28)17(3)4)33-26(29)18(5)6/h7-14,23H,1,3,5,15H2,2,4,6H3. The van der Waals surface area contributed by atoms with E-state index in [1.165, 1.54) is 13.8 Å². The number of esters is 3.